The average molecular weight is 334 g/mol. The van der Waals surface area contributed by atoms with E-state index in [1.54, 1.807) is 24.5 Å². The summed E-state index contributed by atoms with van der Waals surface area (Å²) in [7, 11) is 0. The van der Waals surface area contributed by atoms with E-state index in [9.17, 15) is 4.79 Å². The average Bonchev–Trinajstić information content (AvgIpc) is 2.41. The second-order valence-electron chi connectivity index (χ2n) is 4.84. The Kier molecular flexibility index (Phi) is 4.55. The number of rotatable bonds is 4. The molecular formula is C16H16BrNO2. The molecule has 104 valence electrons. The van der Waals surface area contributed by atoms with Crippen molar-refractivity contribution < 1.29 is 9.53 Å². The van der Waals surface area contributed by atoms with Gasteiger partial charge in [0.2, 0.25) is 0 Å². The molecule has 0 amide bonds. The van der Waals surface area contributed by atoms with Gasteiger partial charge < -0.3 is 4.74 Å². The quantitative estimate of drug-likeness (QED) is 0.788. The molecule has 3 nitrogen and oxygen atoms in total. The lowest BCUT2D eigenvalue weighted by Crippen LogP contribution is -2.08. The summed E-state index contributed by atoms with van der Waals surface area (Å²) in [4.78, 5) is 16.6. The molecule has 0 fully saturated rings. The van der Waals surface area contributed by atoms with E-state index in [0.717, 1.165) is 10.0 Å². The van der Waals surface area contributed by atoms with Crippen molar-refractivity contribution >= 4 is 21.7 Å². The van der Waals surface area contributed by atoms with E-state index in [2.05, 4.69) is 20.9 Å². The lowest BCUT2D eigenvalue weighted by molar-refractivity contribution is 0.103. The van der Waals surface area contributed by atoms with Crippen LogP contribution in [0.1, 0.15) is 35.3 Å². The van der Waals surface area contributed by atoms with E-state index in [4.69, 9.17) is 4.74 Å². The first-order chi connectivity index (χ1) is 9.49. The largest absolute Gasteiger partial charge is 0.489 e. The van der Waals surface area contributed by atoms with Gasteiger partial charge in [-0.1, -0.05) is 12.1 Å². The molecule has 0 aliphatic carbocycles. The molecule has 4 heteroatoms. The maximum Gasteiger partial charge on any atom is 0.195 e. The summed E-state index contributed by atoms with van der Waals surface area (Å²) >= 11 is 3.46. The molecule has 0 N–H and O–H groups in total. The van der Waals surface area contributed by atoms with Crippen LogP contribution in [-0.4, -0.2) is 16.9 Å². The highest BCUT2D eigenvalue weighted by Crippen LogP contribution is 2.24. The predicted octanol–water partition coefficient (Wildman–Crippen LogP) is 4.17. The maximum absolute atomic E-state index is 12.5. The zero-order chi connectivity index (χ0) is 14.7. The Bertz CT molecular complexity index is 638. The van der Waals surface area contributed by atoms with Crippen molar-refractivity contribution in [1.82, 2.24) is 4.98 Å². The molecule has 0 bridgehead atoms. The van der Waals surface area contributed by atoms with Crippen molar-refractivity contribution in [3.05, 3.63) is 57.8 Å². The minimum absolute atomic E-state index is 0.0489. The highest BCUT2D eigenvalue weighted by atomic mass is 79.9. The number of ketones is 1. The molecule has 1 aromatic heterocycles. The topological polar surface area (TPSA) is 39.2 Å². The summed E-state index contributed by atoms with van der Waals surface area (Å²) < 4.78 is 6.39. The summed E-state index contributed by atoms with van der Waals surface area (Å²) in [6, 6.07) is 7.35. The lowest BCUT2D eigenvalue weighted by atomic mass is 10.0. The fraction of sp³-hybridized carbons (Fsp3) is 0.250. The molecule has 0 aliphatic rings. The highest BCUT2D eigenvalue weighted by molar-refractivity contribution is 9.10. The third-order valence-corrected chi connectivity index (χ3v) is 3.84. The normalized spacial score (nSPS) is 10.7. The molecule has 2 aromatic rings. The van der Waals surface area contributed by atoms with Crippen LogP contribution in [-0.2, 0) is 0 Å². The Labute approximate surface area is 127 Å². The standard InChI is InChI=1S/C16H16BrNO2/c1-10(2)20-13-7-12(8-18-9-13)16(19)14-6-4-5-11(3)15(14)17/h4-10H,1-3H3. The van der Waals surface area contributed by atoms with Crippen molar-refractivity contribution in [2.24, 2.45) is 0 Å². The van der Waals surface area contributed by atoms with Crippen LogP contribution in [0.2, 0.25) is 0 Å². The number of halogens is 1. The van der Waals surface area contributed by atoms with Gasteiger partial charge in [0.25, 0.3) is 0 Å². The van der Waals surface area contributed by atoms with E-state index in [1.807, 2.05) is 32.9 Å². The van der Waals surface area contributed by atoms with Gasteiger partial charge in [-0.15, -0.1) is 0 Å². The highest BCUT2D eigenvalue weighted by Gasteiger charge is 2.15. The summed E-state index contributed by atoms with van der Waals surface area (Å²) in [5.74, 6) is 0.539. The fourth-order valence-corrected chi connectivity index (χ4v) is 2.30. The first-order valence-corrected chi connectivity index (χ1v) is 7.20. The Hall–Kier alpha value is -1.68. The van der Waals surface area contributed by atoms with E-state index < -0.39 is 0 Å². The smallest absolute Gasteiger partial charge is 0.195 e. The molecule has 0 saturated heterocycles. The number of hydrogen-bond donors (Lipinski definition) is 0. The third kappa shape index (κ3) is 3.25. The number of pyridine rings is 1. The van der Waals surface area contributed by atoms with Gasteiger partial charge in [0.15, 0.2) is 5.78 Å². The maximum atomic E-state index is 12.5. The number of carbonyl (C=O) groups is 1. The van der Waals surface area contributed by atoms with Gasteiger partial charge >= 0.3 is 0 Å². The number of ether oxygens (including phenoxy) is 1. The van der Waals surface area contributed by atoms with Crippen LogP contribution in [0.3, 0.4) is 0 Å². The predicted molar refractivity (Wildman–Crippen MR) is 82.3 cm³/mol. The van der Waals surface area contributed by atoms with Crippen LogP contribution in [0.5, 0.6) is 5.75 Å². The minimum Gasteiger partial charge on any atom is -0.489 e. The number of aryl methyl sites for hydroxylation is 1. The second kappa shape index (κ2) is 6.18. The van der Waals surface area contributed by atoms with Gasteiger partial charge in [-0.25, -0.2) is 0 Å². The van der Waals surface area contributed by atoms with Gasteiger partial charge in [-0.3, -0.25) is 9.78 Å². The Morgan fingerprint density at radius 2 is 2.05 bits per heavy atom. The van der Waals surface area contributed by atoms with Crippen LogP contribution in [0, 0.1) is 6.92 Å². The Morgan fingerprint density at radius 3 is 2.75 bits per heavy atom. The van der Waals surface area contributed by atoms with Gasteiger partial charge in [0, 0.05) is 21.8 Å². The number of nitrogens with zero attached hydrogens (tertiary/aromatic N) is 1. The molecule has 0 radical (unpaired) electrons. The van der Waals surface area contributed by atoms with Crippen LogP contribution in [0.25, 0.3) is 0 Å². The first kappa shape index (κ1) is 14.7. The summed E-state index contributed by atoms with van der Waals surface area (Å²) in [6.45, 7) is 5.83. The van der Waals surface area contributed by atoms with Crippen LogP contribution >= 0.6 is 15.9 Å². The van der Waals surface area contributed by atoms with Gasteiger partial charge in [0.1, 0.15) is 5.75 Å². The number of carbonyl (C=O) groups excluding carboxylic acids is 1. The monoisotopic (exact) mass is 333 g/mol. The fourth-order valence-electron chi connectivity index (χ4n) is 1.86. The molecule has 0 aliphatic heterocycles. The lowest BCUT2D eigenvalue weighted by Gasteiger charge is -2.10. The summed E-state index contributed by atoms with van der Waals surface area (Å²) in [5.41, 5.74) is 2.18. The van der Waals surface area contributed by atoms with Crippen molar-refractivity contribution in [2.75, 3.05) is 0 Å². The summed E-state index contributed by atoms with van der Waals surface area (Å²) in [6.07, 6.45) is 3.22. The van der Waals surface area contributed by atoms with Gasteiger partial charge in [-0.2, -0.15) is 0 Å². The molecule has 1 aromatic carbocycles. The van der Waals surface area contributed by atoms with Crippen molar-refractivity contribution in [3.8, 4) is 5.75 Å². The first-order valence-electron chi connectivity index (χ1n) is 6.40. The number of hydrogen-bond acceptors (Lipinski definition) is 3. The van der Waals surface area contributed by atoms with Crippen molar-refractivity contribution in [3.63, 3.8) is 0 Å². The Morgan fingerprint density at radius 1 is 1.30 bits per heavy atom. The van der Waals surface area contributed by atoms with Crippen LogP contribution in [0.4, 0.5) is 0 Å². The Balaban J connectivity index is 2.36. The van der Waals surface area contributed by atoms with E-state index in [0.29, 0.717) is 16.9 Å². The summed E-state index contributed by atoms with van der Waals surface area (Å²) in [5, 5.41) is 0. The minimum atomic E-state index is -0.0673. The molecule has 0 unspecified atom stereocenters. The van der Waals surface area contributed by atoms with Gasteiger partial charge in [-0.05, 0) is 54.4 Å². The van der Waals surface area contributed by atoms with Crippen molar-refractivity contribution in [1.29, 1.82) is 0 Å². The second-order valence-corrected chi connectivity index (χ2v) is 5.63. The zero-order valence-corrected chi connectivity index (χ0v) is 13.3. The van der Waals surface area contributed by atoms with E-state index in [1.165, 1.54) is 0 Å². The molecule has 20 heavy (non-hydrogen) atoms. The zero-order valence-electron chi connectivity index (χ0n) is 11.7. The molecule has 0 spiro atoms. The van der Waals surface area contributed by atoms with E-state index >= 15 is 0 Å². The van der Waals surface area contributed by atoms with Crippen LogP contribution < -0.4 is 4.74 Å². The SMILES string of the molecule is Cc1cccc(C(=O)c2cncc(OC(C)C)c2)c1Br. The molecule has 1 heterocycles. The molecule has 0 saturated carbocycles. The molecule has 2 rings (SSSR count). The number of aromatic nitrogens is 1. The van der Waals surface area contributed by atoms with Crippen molar-refractivity contribution in [2.45, 2.75) is 26.9 Å². The number of benzene rings is 1. The molecular weight excluding hydrogens is 318 g/mol. The third-order valence-electron chi connectivity index (χ3n) is 2.78. The van der Waals surface area contributed by atoms with E-state index in [-0.39, 0.29) is 11.9 Å². The van der Waals surface area contributed by atoms with Gasteiger partial charge in [0.05, 0.1) is 12.3 Å². The van der Waals surface area contributed by atoms with Crippen LogP contribution in [0.15, 0.2) is 41.1 Å². The molecule has 0 atom stereocenters.